The van der Waals surface area contributed by atoms with Gasteiger partial charge in [0, 0.05) is 17.1 Å². The number of thioether (sulfide) groups is 1. The van der Waals surface area contributed by atoms with Crippen molar-refractivity contribution in [2.24, 2.45) is 0 Å². The second kappa shape index (κ2) is 6.63. The van der Waals surface area contributed by atoms with Crippen molar-refractivity contribution in [2.75, 3.05) is 22.7 Å². The van der Waals surface area contributed by atoms with Crippen LogP contribution in [0.1, 0.15) is 5.56 Å². The van der Waals surface area contributed by atoms with Crippen LogP contribution >= 0.6 is 11.8 Å². The molecule has 2 aromatic carbocycles. The van der Waals surface area contributed by atoms with Gasteiger partial charge in [0.15, 0.2) is 9.84 Å². The van der Waals surface area contributed by atoms with Crippen molar-refractivity contribution in [3.63, 3.8) is 0 Å². The highest BCUT2D eigenvalue weighted by atomic mass is 32.2. The molecule has 0 N–H and O–H groups in total. The molecule has 2 saturated heterocycles. The van der Waals surface area contributed by atoms with Gasteiger partial charge in [0.05, 0.1) is 23.6 Å². The normalized spacial score (nSPS) is 24.1. The van der Waals surface area contributed by atoms with E-state index in [1.54, 1.807) is 21.6 Å². The molecule has 2 aliphatic rings. The van der Waals surface area contributed by atoms with Gasteiger partial charge in [0.2, 0.25) is 0 Å². The Bertz CT molecular complexity index is 931. The zero-order valence-electron chi connectivity index (χ0n) is 14.4. The van der Waals surface area contributed by atoms with Crippen molar-refractivity contribution in [1.29, 1.82) is 0 Å². The average molecular weight is 389 g/mol. The Morgan fingerprint density at radius 3 is 2.50 bits per heavy atom. The number of hydrogen-bond acceptors (Lipinski definition) is 4. The van der Waals surface area contributed by atoms with Crippen LogP contribution in [0.15, 0.2) is 59.5 Å². The quantitative estimate of drug-likeness (QED) is 0.597. The molecule has 0 spiro atoms. The van der Waals surface area contributed by atoms with Gasteiger partial charge >= 0.3 is 6.03 Å². The fraction of sp³-hybridized carbons (Fsp3) is 0.316. The van der Waals surface area contributed by atoms with E-state index in [0.29, 0.717) is 6.54 Å². The molecular weight excluding hydrogens is 368 g/mol. The van der Waals surface area contributed by atoms with E-state index in [2.05, 4.69) is 0 Å². The minimum Gasteiger partial charge on any atom is -0.314 e. The van der Waals surface area contributed by atoms with Crippen molar-refractivity contribution in [1.82, 2.24) is 4.90 Å². The Balaban J connectivity index is 1.71. The lowest BCUT2D eigenvalue weighted by molar-refractivity contribution is 0.206. The number of anilines is 1. The van der Waals surface area contributed by atoms with E-state index in [1.165, 1.54) is 0 Å². The van der Waals surface area contributed by atoms with E-state index >= 15 is 0 Å². The number of benzene rings is 2. The molecular formula is C19H20N2O3S2. The number of hydrogen-bond donors (Lipinski definition) is 0. The summed E-state index contributed by atoms with van der Waals surface area (Å²) in [7, 11) is -3.15. The lowest BCUT2D eigenvalue weighted by Gasteiger charge is -2.23. The first-order valence-corrected chi connectivity index (χ1v) is 11.5. The zero-order valence-corrected chi connectivity index (χ0v) is 16.0. The minimum absolute atomic E-state index is 0.0260. The van der Waals surface area contributed by atoms with Gasteiger partial charge in [-0.1, -0.05) is 36.4 Å². The number of amides is 2. The summed E-state index contributed by atoms with van der Waals surface area (Å²) < 4.78 is 24.6. The first-order valence-electron chi connectivity index (χ1n) is 8.47. The Morgan fingerprint density at radius 1 is 1.04 bits per heavy atom. The summed E-state index contributed by atoms with van der Waals surface area (Å²) in [5.74, 6) is 0.0626. The van der Waals surface area contributed by atoms with E-state index < -0.39 is 9.84 Å². The summed E-state index contributed by atoms with van der Waals surface area (Å²) in [6.07, 6.45) is 1.98. The van der Waals surface area contributed by atoms with Crippen LogP contribution in [0, 0.1) is 0 Å². The SMILES string of the molecule is CSc1cccc(N2C(=O)N(Cc3ccccc3)[C@@H]3CS(=O)(=O)C[C@@H]32)c1. The molecule has 2 amide bonds. The largest absolute Gasteiger partial charge is 0.325 e. The minimum atomic E-state index is -3.15. The first kappa shape index (κ1) is 17.4. The Hall–Kier alpha value is -1.99. The summed E-state index contributed by atoms with van der Waals surface area (Å²) >= 11 is 1.60. The molecule has 0 radical (unpaired) electrons. The number of rotatable bonds is 4. The molecule has 26 heavy (non-hydrogen) atoms. The molecule has 2 aliphatic heterocycles. The van der Waals surface area contributed by atoms with E-state index in [0.717, 1.165) is 16.1 Å². The van der Waals surface area contributed by atoms with Crippen molar-refractivity contribution < 1.29 is 13.2 Å². The van der Waals surface area contributed by atoms with Crippen LogP contribution < -0.4 is 4.90 Å². The number of urea groups is 1. The Kier molecular flexibility index (Phi) is 4.44. The monoisotopic (exact) mass is 388 g/mol. The molecule has 136 valence electrons. The van der Waals surface area contributed by atoms with E-state index in [1.807, 2.05) is 60.9 Å². The summed E-state index contributed by atoms with van der Waals surface area (Å²) in [6, 6.07) is 16.7. The Morgan fingerprint density at radius 2 is 1.77 bits per heavy atom. The van der Waals surface area contributed by atoms with Crippen LogP contribution in [-0.2, 0) is 16.4 Å². The van der Waals surface area contributed by atoms with Gasteiger partial charge in [-0.15, -0.1) is 11.8 Å². The van der Waals surface area contributed by atoms with Crippen LogP contribution in [0.3, 0.4) is 0 Å². The van der Waals surface area contributed by atoms with Crippen molar-refractivity contribution in [3.8, 4) is 0 Å². The van der Waals surface area contributed by atoms with E-state index in [-0.39, 0.29) is 29.6 Å². The molecule has 2 heterocycles. The fourth-order valence-corrected chi connectivity index (χ4v) is 6.21. The number of nitrogens with zero attached hydrogens (tertiary/aromatic N) is 2. The zero-order chi connectivity index (χ0) is 18.3. The third-order valence-corrected chi connectivity index (χ3v) is 7.43. The predicted octanol–water partition coefficient (Wildman–Crippen LogP) is 3.02. The molecule has 0 bridgehead atoms. The van der Waals surface area contributed by atoms with Crippen molar-refractivity contribution in [2.45, 2.75) is 23.5 Å². The lowest BCUT2D eigenvalue weighted by Crippen LogP contribution is -2.37. The number of fused-ring (bicyclic) bond motifs is 1. The maximum Gasteiger partial charge on any atom is 0.325 e. The van der Waals surface area contributed by atoms with Crippen LogP contribution in [-0.4, -0.2) is 49.2 Å². The van der Waals surface area contributed by atoms with E-state index in [9.17, 15) is 13.2 Å². The van der Waals surface area contributed by atoms with Crippen LogP contribution in [0.4, 0.5) is 10.5 Å². The fourth-order valence-electron chi connectivity index (χ4n) is 3.80. The van der Waals surface area contributed by atoms with Gasteiger partial charge in [0.1, 0.15) is 0 Å². The molecule has 2 atom stereocenters. The Labute approximate surface area is 157 Å². The van der Waals surface area contributed by atoms with Gasteiger partial charge in [-0.3, -0.25) is 4.90 Å². The highest BCUT2D eigenvalue weighted by Crippen LogP contribution is 2.36. The predicted molar refractivity (Wildman–Crippen MR) is 104 cm³/mol. The van der Waals surface area contributed by atoms with Crippen LogP contribution in [0.2, 0.25) is 0 Å². The van der Waals surface area contributed by atoms with E-state index in [4.69, 9.17) is 0 Å². The summed E-state index contributed by atoms with van der Waals surface area (Å²) in [4.78, 5) is 17.6. The maximum absolute atomic E-state index is 13.2. The standard InChI is InChI=1S/C19H20N2O3S2/c1-25-16-9-5-8-15(10-16)21-18-13-26(23,24)12-17(18)20(19(21)22)11-14-6-3-2-4-7-14/h2-10,17-18H,11-13H2,1H3/t17-,18+/m1/s1. The molecule has 5 nitrogen and oxygen atoms in total. The van der Waals surface area contributed by atoms with Gasteiger partial charge in [0.25, 0.3) is 0 Å². The maximum atomic E-state index is 13.2. The summed E-state index contributed by atoms with van der Waals surface area (Å²) in [5, 5.41) is 0. The van der Waals surface area contributed by atoms with Crippen LogP contribution in [0.25, 0.3) is 0 Å². The van der Waals surface area contributed by atoms with Gasteiger partial charge in [-0.05, 0) is 30.0 Å². The molecule has 7 heteroatoms. The van der Waals surface area contributed by atoms with Gasteiger partial charge < -0.3 is 4.90 Å². The topological polar surface area (TPSA) is 57.7 Å². The van der Waals surface area contributed by atoms with Gasteiger partial charge in [-0.2, -0.15) is 0 Å². The highest BCUT2D eigenvalue weighted by Gasteiger charge is 2.53. The average Bonchev–Trinajstić information content (AvgIpc) is 3.06. The smallest absolute Gasteiger partial charge is 0.314 e. The first-order chi connectivity index (χ1) is 12.5. The van der Waals surface area contributed by atoms with Gasteiger partial charge in [-0.25, -0.2) is 13.2 Å². The highest BCUT2D eigenvalue weighted by molar-refractivity contribution is 7.98. The molecule has 0 unspecified atom stereocenters. The number of sulfone groups is 1. The third-order valence-electron chi connectivity index (χ3n) is 5.00. The molecule has 0 aromatic heterocycles. The van der Waals surface area contributed by atoms with Crippen LogP contribution in [0.5, 0.6) is 0 Å². The van der Waals surface area contributed by atoms with Crippen molar-refractivity contribution in [3.05, 3.63) is 60.2 Å². The lowest BCUT2D eigenvalue weighted by atomic mass is 10.1. The molecule has 0 aliphatic carbocycles. The number of carbonyl (C=O) groups is 1. The molecule has 2 fully saturated rings. The van der Waals surface area contributed by atoms with Crippen molar-refractivity contribution >= 4 is 33.3 Å². The second-order valence-corrected chi connectivity index (χ2v) is 9.71. The summed E-state index contributed by atoms with van der Waals surface area (Å²) in [6.45, 7) is 0.426. The molecule has 4 rings (SSSR count). The number of carbonyl (C=O) groups excluding carboxylic acids is 1. The molecule has 2 aromatic rings. The second-order valence-electron chi connectivity index (χ2n) is 6.68. The molecule has 0 saturated carbocycles. The third kappa shape index (κ3) is 3.10. The summed E-state index contributed by atoms with van der Waals surface area (Å²) in [5.41, 5.74) is 1.77.